The predicted octanol–water partition coefficient (Wildman–Crippen LogP) is 0.182. The molecular formula is C11H16O5. The SMILES string of the molecule is O[C@@H]1CO[C@H]2[C@@H]1OC[C@H]2OC1=CCCCO1. The van der Waals surface area contributed by atoms with Crippen molar-refractivity contribution in [2.24, 2.45) is 0 Å². The van der Waals surface area contributed by atoms with Gasteiger partial charge in [0.05, 0.1) is 19.8 Å². The molecule has 0 aromatic carbocycles. The number of hydrogen-bond donors (Lipinski definition) is 1. The number of allylic oxidation sites excluding steroid dienone is 1. The Bertz CT molecular complexity index is 290. The van der Waals surface area contributed by atoms with Crippen LogP contribution in [0.5, 0.6) is 0 Å². The van der Waals surface area contributed by atoms with E-state index < -0.39 is 6.10 Å². The zero-order chi connectivity index (χ0) is 11.0. The minimum absolute atomic E-state index is 0.161. The van der Waals surface area contributed by atoms with Crippen LogP contribution >= 0.6 is 0 Å². The van der Waals surface area contributed by atoms with Gasteiger partial charge in [0.25, 0.3) is 5.95 Å². The monoisotopic (exact) mass is 228 g/mol. The van der Waals surface area contributed by atoms with E-state index in [4.69, 9.17) is 18.9 Å². The molecule has 5 nitrogen and oxygen atoms in total. The van der Waals surface area contributed by atoms with Crippen molar-refractivity contribution in [1.29, 1.82) is 0 Å². The molecular weight excluding hydrogens is 212 g/mol. The van der Waals surface area contributed by atoms with Gasteiger partial charge in [-0.2, -0.15) is 0 Å². The van der Waals surface area contributed by atoms with Crippen LogP contribution in [-0.2, 0) is 18.9 Å². The zero-order valence-electron chi connectivity index (χ0n) is 9.00. The van der Waals surface area contributed by atoms with Crippen LogP contribution in [0, 0.1) is 0 Å². The Morgan fingerprint density at radius 3 is 2.94 bits per heavy atom. The largest absolute Gasteiger partial charge is 0.466 e. The van der Waals surface area contributed by atoms with Gasteiger partial charge in [0.1, 0.15) is 18.3 Å². The maximum atomic E-state index is 9.57. The maximum absolute atomic E-state index is 9.57. The Hall–Kier alpha value is -0.780. The van der Waals surface area contributed by atoms with Crippen LogP contribution in [-0.4, -0.2) is 49.3 Å². The lowest BCUT2D eigenvalue weighted by atomic mass is 10.1. The number of ether oxygens (including phenoxy) is 4. The fourth-order valence-electron chi connectivity index (χ4n) is 2.31. The summed E-state index contributed by atoms with van der Waals surface area (Å²) in [6, 6.07) is 0. The number of aliphatic hydroxyl groups excluding tert-OH is 1. The maximum Gasteiger partial charge on any atom is 0.275 e. The van der Waals surface area contributed by atoms with Gasteiger partial charge >= 0.3 is 0 Å². The lowest BCUT2D eigenvalue weighted by molar-refractivity contribution is -0.0634. The molecule has 5 heteroatoms. The fraction of sp³-hybridized carbons (Fsp3) is 0.818. The van der Waals surface area contributed by atoms with Crippen molar-refractivity contribution in [3.8, 4) is 0 Å². The second-order valence-electron chi connectivity index (χ2n) is 4.33. The molecule has 0 spiro atoms. The number of fused-ring (bicyclic) bond motifs is 1. The Morgan fingerprint density at radius 2 is 2.12 bits per heavy atom. The summed E-state index contributed by atoms with van der Waals surface area (Å²) in [6.07, 6.45) is 2.87. The topological polar surface area (TPSA) is 57.2 Å². The van der Waals surface area contributed by atoms with Gasteiger partial charge in [0.2, 0.25) is 0 Å². The van der Waals surface area contributed by atoms with Crippen molar-refractivity contribution >= 4 is 0 Å². The van der Waals surface area contributed by atoms with Crippen molar-refractivity contribution in [2.45, 2.75) is 37.3 Å². The van der Waals surface area contributed by atoms with Crippen LogP contribution < -0.4 is 0 Å². The summed E-state index contributed by atoms with van der Waals surface area (Å²) in [5.41, 5.74) is 0. The minimum atomic E-state index is -0.528. The van der Waals surface area contributed by atoms with Crippen LogP contribution in [0.1, 0.15) is 12.8 Å². The standard InChI is InChI=1S/C11H16O5/c12-7-5-14-11-8(6-15-10(7)11)16-9-3-1-2-4-13-9/h3,7-8,10-12H,1-2,4-6H2/t7-,8-,10-,11-/m1/s1. The first kappa shape index (κ1) is 10.4. The Morgan fingerprint density at radius 1 is 1.25 bits per heavy atom. The van der Waals surface area contributed by atoms with Gasteiger partial charge < -0.3 is 24.1 Å². The van der Waals surface area contributed by atoms with Crippen molar-refractivity contribution in [2.75, 3.05) is 19.8 Å². The Labute approximate surface area is 93.9 Å². The van der Waals surface area contributed by atoms with Gasteiger partial charge in [-0.1, -0.05) is 0 Å². The first-order valence-corrected chi connectivity index (χ1v) is 5.75. The molecule has 90 valence electrons. The summed E-state index contributed by atoms with van der Waals surface area (Å²) < 4.78 is 22.0. The van der Waals surface area contributed by atoms with E-state index in [0.717, 1.165) is 12.8 Å². The fourth-order valence-corrected chi connectivity index (χ4v) is 2.31. The summed E-state index contributed by atoms with van der Waals surface area (Å²) in [4.78, 5) is 0. The van der Waals surface area contributed by atoms with Gasteiger partial charge in [-0.3, -0.25) is 0 Å². The summed E-state index contributed by atoms with van der Waals surface area (Å²) in [5, 5.41) is 9.57. The Balaban J connectivity index is 1.62. The third-order valence-corrected chi connectivity index (χ3v) is 3.15. The van der Waals surface area contributed by atoms with E-state index in [1.807, 2.05) is 6.08 Å². The third kappa shape index (κ3) is 1.79. The van der Waals surface area contributed by atoms with Gasteiger partial charge in [-0.05, 0) is 18.9 Å². The second kappa shape index (κ2) is 4.24. The molecule has 0 aliphatic carbocycles. The minimum Gasteiger partial charge on any atom is -0.466 e. The molecule has 2 fully saturated rings. The summed E-state index contributed by atoms with van der Waals surface area (Å²) in [7, 11) is 0. The molecule has 0 aromatic rings. The number of hydrogen-bond acceptors (Lipinski definition) is 5. The van der Waals surface area contributed by atoms with E-state index in [2.05, 4.69) is 0 Å². The van der Waals surface area contributed by atoms with Crippen LogP contribution in [0.25, 0.3) is 0 Å². The van der Waals surface area contributed by atoms with Crippen LogP contribution in [0.2, 0.25) is 0 Å². The second-order valence-corrected chi connectivity index (χ2v) is 4.33. The van der Waals surface area contributed by atoms with E-state index in [0.29, 0.717) is 25.8 Å². The quantitative estimate of drug-likeness (QED) is 0.730. The molecule has 0 bridgehead atoms. The van der Waals surface area contributed by atoms with E-state index in [1.165, 1.54) is 0 Å². The molecule has 0 amide bonds. The molecule has 0 unspecified atom stereocenters. The lowest BCUT2D eigenvalue weighted by Gasteiger charge is -2.21. The highest BCUT2D eigenvalue weighted by Crippen LogP contribution is 2.30. The molecule has 0 radical (unpaired) electrons. The Kier molecular flexibility index (Phi) is 2.75. The number of rotatable bonds is 2. The molecule has 16 heavy (non-hydrogen) atoms. The van der Waals surface area contributed by atoms with Crippen molar-refractivity contribution < 1.29 is 24.1 Å². The summed E-state index contributed by atoms with van der Waals surface area (Å²) in [5.74, 6) is 0.575. The first-order valence-electron chi connectivity index (χ1n) is 5.75. The average Bonchev–Trinajstić information content (AvgIpc) is 2.86. The highest BCUT2D eigenvalue weighted by molar-refractivity contribution is 4.98. The average molecular weight is 228 g/mol. The molecule has 3 aliphatic heterocycles. The molecule has 3 heterocycles. The zero-order valence-corrected chi connectivity index (χ0v) is 9.00. The molecule has 3 aliphatic rings. The van der Waals surface area contributed by atoms with Gasteiger partial charge in [-0.15, -0.1) is 0 Å². The van der Waals surface area contributed by atoms with E-state index >= 15 is 0 Å². The molecule has 0 aromatic heterocycles. The molecule has 4 atom stereocenters. The van der Waals surface area contributed by atoms with Crippen LogP contribution in [0.3, 0.4) is 0 Å². The van der Waals surface area contributed by atoms with E-state index in [9.17, 15) is 5.11 Å². The normalized spacial score (nSPS) is 42.4. The predicted molar refractivity (Wildman–Crippen MR) is 53.6 cm³/mol. The molecule has 0 saturated carbocycles. The van der Waals surface area contributed by atoms with Gasteiger partial charge in [-0.25, -0.2) is 0 Å². The van der Waals surface area contributed by atoms with Crippen LogP contribution in [0.15, 0.2) is 12.0 Å². The van der Waals surface area contributed by atoms with Gasteiger partial charge in [0.15, 0.2) is 6.10 Å². The highest BCUT2D eigenvalue weighted by Gasteiger charge is 2.48. The molecule has 1 N–H and O–H groups in total. The van der Waals surface area contributed by atoms with Crippen LogP contribution in [0.4, 0.5) is 0 Å². The van der Waals surface area contributed by atoms with Gasteiger partial charge in [0, 0.05) is 0 Å². The van der Waals surface area contributed by atoms with E-state index in [-0.39, 0.29) is 18.3 Å². The van der Waals surface area contributed by atoms with Crippen molar-refractivity contribution in [3.05, 3.63) is 12.0 Å². The lowest BCUT2D eigenvalue weighted by Crippen LogP contribution is -2.33. The third-order valence-electron chi connectivity index (χ3n) is 3.15. The summed E-state index contributed by atoms with van der Waals surface area (Å²) >= 11 is 0. The van der Waals surface area contributed by atoms with E-state index in [1.54, 1.807) is 0 Å². The van der Waals surface area contributed by atoms with Crippen molar-refractivity contribution in [1.82, 2.24) is 0 Å². The molecule has 2 saturated heterocycles. The summed E-state index contributed by atoms with van der Waals surface area (Å²) in [6.45, 7) is 1.49. The first-order chi connectivity index (χ1) is 7.84. The smallest absolute Gasteiger partial charge is 0.275 e. The van der Waals surface area contributed by atoms with Crippen molar-refractivity contribution in [3.63, 3.8) is 0 Å². The number of aliphatic hydroxyl groups is 1. The highest BCUT2D eigenvalue weighted by atomic mass is 16.7. The molecule has 3 rings (SSSR count).